The SMILES string of the molecule is O=[N+]([O-])c1ccc(C2=Nn3c(nnc3-c3ccc(Br)cc3)CC2)cc1. The Balaban J connectivity index is 1.73. The zero-order chi connectivity index (χ0) is 17.4. The van der Waals surface area contributed by atoms with Crippen molar-refractivity contribution >= 4 is 27.3 Å². The van der Waals surface area contributed by atoms with E-state index in [1.165, 1.54) is 12.1 Å². The van der Waals surface area contributed by atoms with Crippen LogP contribution in [0.4, 0.5) is 5.69 Å². The van der Waals surface area contributed by atoms with Crippen molar-refractivity contribution in [3.05, 3.63) is 74.5 Å². The molecule has 0 amide bonds. The van der Waals surface area contributed by atoms with E-state index in [0.29, 0.717) is 5.82 Å². The Morgan fingerprint density at radius 1 is 0.960 bits per heavy atom. The first-order valence-corrected chi connectivity index (χ1v) is 8.44. The van der Waals surface area contributed by atoms with Crippen molar-refractivity contribution in [3.63, 3.8) is 0 Å². The average Bonchev–Trinajstić information content (AvgIpc) is 3.05. The molecule has 0 N–H and O–H groups in total. The molecule has 2 heterocycles. The molecular weight excluding hydrogens is 386 g/mol. The number of rotatable bonds is 3. The smallest absolute Gasteiger partial charge is 0.258 e. The lowest BCUT2D eigenvalue weighted by Gasteiger charge is -2.14. The fourth-order valence-electron chi connectivity index (χ4n) is 2.73. The molecule has 0 unspecified atom stereocenters. The summed E-state index contributed by atoms with van der Waals surface area (Å²) in [5.41, 5.74) is 2.73. The molecule has 0 atom stereocenters. The first-order valence-electron chi connectivity index (χ1n) is 7.65. The average molecular weight is 398 g/mol. The quantitative estimate of drug-likeness (QED) is 0.496. The van der Waals surface area contributed by atoms with Gasteiger partial charge in [-0.25, -0.2) is 0 Å². The van der Waals surface area contributed by atoms with Crippen LogP contribution in [-0.4, -0.2) is 25.5 Å². The van der Waals surface area contributed by atoms with Crippen LogP contribution in [0.15, 0.2) is 58.1 Å². The van der Waals surface area contributed by atoms with E-state index in [2.05, 4.69) is 31.2 Å². The second-order valence-corrected chi connectivity index (χ2v) is 6.52. The molecular formula is C17H12BrN5O2. The minimum Gasteiger partial charge on any atom is -0.258 e. The van der Waals surface area contributed by atoms with Gasteiger partial charge >= 0.3 is 0 Å². The number of non-ortho nitro benzene ring substituents is 1. The van der Waals surface area contributed by atoms with Crippen LogP contribution in [0.1, 0.15) is 17.8 Å². The van der Waals surface area contributed by atoms with Gasteiger partial charge in [-0.3, -0.25) is 10.1 Å². The van der Waals surface area contributed by atoms with E-state index in [4.69, 9.17) is 0 Å². The lowest BCUT2D eigenvalue weighted by molar-refractivity contribution is -0.384. The standard InChI is InChI=1S/C17H12BrN5O2/c18-13-5-1-12(2-6-13)17-20-19-16-10-9-15(21-22(16)17)11-3-7-14(8-4-11)23(24)25/h1-8H,9-10H2. The van der Waals surface area contributed by atoms with E-state index < -0.39 is 4.92 Å². The molecule has 0 aliphatic carbocycles. The molecule has 0 saturated heterocycles. The van der Waals surface area contributed by atoms with E-state index in [1.54, 1.807) is 16.8 Å². The van der Waals surface area contributed by atoms with Crippen LogP contribution in [0.25, 0.3) is 11.4 Å². The summed E-state index contributed by atoms with van der Waals surface area (Å²) >= 11 is 3.42. The largest absolute Gasteiger partial charge is 0.269 e. The van der Waals surface area contributed by atoms with Gasteiger partial charge in [0.1, 0.15) is 0 Å². The normalized spacial score (nSPS) is 13.2. The number of aryl methyl sites for hydroxylation is 1. The van der Waals surface area contributed by atoms with Gasteiger partial charge in [-0.2, -0.15) is 9.78 Å². The maximum atomic E-state index is 10.8. The highest BCUT2D eigenvalue weighted by Gasteiger charge is 2.20. The first kappa shape index (κ1) is 15.6. The predicted molar refractivity (Wildman–Crippen MR) is 96.5 cm³/mol. The van der Waals surface area contributed by atoms with Gasteiger partial charge in [-0.05, 0) is 36.2 Å². The minimum absolute atomic E-state index is 0.0701. The van der Waals surface area contributed by atoms with E-state index in [-0.39, 0.29) is 5.69 Å². The molecule has 2 aromatic carbocycles. The Morgan fingerprint density at radius 2 is 1.64 bits per heavy atom. The molecule has 0 bridgehead atoms. The lowest BCUT2D eigenvalue weighted by atomic mass is 10.0. The van der Waals surface area contributed by atoms with Crippen molar-refractivity contribution in [2.45, 2.75) is 12.8 Å². The van der Waals surface area contributed by atoms with Gasteiger partial charge in [0.15, 0.2) is 11.6 Å². The van der Waals surface area contributed by atoms with Crippen LogP contribution in [0.3, 0.4) is 0 Å². The number of nitrogens with zero attached hydrogens (tertiary/aromatic N) is 5. The van der Waals surface area contributed by atoms with Gasteiger partial charge in [-0.15, -0.1) is 10.2 Å². The molecule has 0 radical (unpaired) electrons. The second-order valence-electron chi connectivity index (χ2n) is 5.61. The third-order valence-corrected chi connectivity index (χ3v) is 4.55. The van der Waals surface area contributed by atoms with Crippen LogP contribution >= 0.6 is 15.9 Å². The van der Waals surface area contributed by atoms with Gasteiger partial charge in [-0.1, -0.05) is 28.1 Å². The van der Waals surface area contributed by atoms with Crippen molar-refractivity contribution in [1.29, 1.82) is 0 Å². The Morgan fingerprint density at radius 3 is 2.32 bits per heavy atom. The third-order valence-electron chi connectivity index (χ3n) is 4.03. The summed E-state index contributed by atoms with van der Waals surface area (Å²) in [4.78, 5) is 10.4. The van der Waals surface area contributed by atoms with E-state index in [0.717, 1.165) is 40.0 Å². The summed E-state index contributed by atoms with van der Waals surface area (Å²) in [6.45, 7) is 0. The predicted octanol–water partition coefficient (Wildman–Crippen LogP) is 3.81. The summed E-state index contributed by atoms with van der Waals surface area (Å²) < 4.78 is 2.74. The van der Waals surface area contributed by atoms with Crippen LogP contribution in [0.5, 0.6) is 0 Å². The molecule has 1 aliphatic heterocycles. The van der Waals surface area contributed by atoms with Crippen LogP contribution in [0, 0.1) is 10.1 Å². The molecule has 7 nitrogen and oxygen atoms in total. The topological polar surface area (TPSA) is 86.2 Å². The van der Waals surface area contributed by atoms with Gasteiger partial charge in [0, 0.05) is 28.6 Å². The summed E-state index contributed by atoms with van der Waals surface area (Å²) in [5.74, 6) is 1.49. The van der Waals surface area contributed by atoms with E-state index in [9.17, 15) is 10.1 Å². The molecule has 0 saturated carbocycles. The van der Waals surface area contributed by atoms with Crippen molar-refractivity contribution in [3.8, 4) is 11.4 Å². The summed E-state index contributed by atoms with van der Waals surface area (Å²) in [5, 5.41) is 24.0. The zero-order valence-electron chi connectivity index (χ0n) is 13.0. The molecule has 124 valence electrons. The number of aromatic nitrogens is 3. The first-order chi connectivity index (χ1) is 12.1. The lowest BCUT2D eigenvalue weighted by Crippen LogP contribution is -2.15. The Kier molecular flexibility index (Phi) is 3.89. The number of nitro benzene ring substituents is 1. The summed E-state index contributed by atoms with van der Waals surface area (Å²) in [7, 11) is 0. The number of nitro groups is 1. The Hall–Kier alpha value is -2.87. The number of halogens is 1. The molecule has 3 aromatic rings. The monoisotopic (exact) mass is 397 g/mol. The second kappa shape index (κ2) is 6.21. The molecule has 0 spiro atoms. The molecule has 0 fully saturated rings. The molecule has 1 aromatic heterocycles. The van der Waals surface area contributed by atoms with Crippen LogP contribution in [0.2, 0.25) is 0 Å². The fraction of sp³-hybridized carbons (Fsp3) is 0.118. The number of hydrogen-bond acceptors (Lipinski definition) is 5. The third kappa shape index (κ3) is 2.96. The molecule has 25 heavy (non-hydrogen) atoms. The number of hydrogen-bond donors (Lipinski definition) is 0. The highest BCUT2D eigenvalue weighted by atomic mass is 79.9. The van der Waals surface area contributed by atoms with Gasteiger partial charge in [0.25, 0.3) is 5.69 Å². The van der Waals surface area contributed by atoms with E-state index >= 15 is 0 Å². The maximum absolute atomic E-state index is 10.8. The summed E-state index contributed by atoms with van der Waals surface area (Å²) in [6.07, 6.45) is 1.44. The number of fused-ring (bicyclic) bond motifs is 1. The van der Waals surface area contributed by atoms with Gasteiger partial charge in [0.2, 0.25) is 0 Å². The zero-order valence-corrected chi connectivity index (χ0v) is 14.5. The van der Waals surface area contributed by atoms with Crippen LogP contribution in [-0.2, 0) is 6.42 Å². The highest BCUT2D eigenvalue weighted by Crippen LogP contribution is 2.25. The van der Waals surface area contributed by atoms with Crippen molar-refractivity contribution in [2.24, 2.45) is 5.10 Å². The highest BCUT2D eigenvalue weighted by molar-refractivity contribution is 9.10. The van der Waals surface area contributed by atoms with Crippen molar-refractivity contribution in [1.82, 2.24) is 14.9 Å². The van der Waals surface area contributed by atoms with E-state index in [1.807, 2.05) is 24.3 Å². The molecule has 8 heteroatoms. The Labute approximate surface area is 151 Å². The summed E-state index contributed by atoms with van der Waals surface area (Å²) in [6, 6.07) is 14.2. The minimum atomic E-state index is -0.407. The van der Waals surface area contributed by atoms with Gasteiger partial charge in [0.05, 0.1) is 10.6 Å². The van der Waals surface area contributed by atoms with Crippen molar-refractivity contribution < 1.29 is 4.92 Å². The molecule has 4 rings (SSSR count). The fourth-order valence-corrected chi connectivity index (χ4v) is 2.99. The van der Waals surface area contributed by atoms with Gasteiger partial charge < -0.3 is 0 Å². The van der Waals surface area contributed by atoms with Crippen LogP contribution < -0.4 is 0 Å². The Bertz CT molecular complexity index is 977. The maximum Gasteiger partial charge on any atom is 0.269 e. The molecule has 1 aliphatic rings. The number of benzene rings is 2. The van der Waals surface area contributed by atoms with Crippen molar-refractivity contribution in [2.75, 3.05) is 0 Å².